The second-order valence-corrected chi connectivity index (χ2v) is 10.6. The van der Waals surface area contributed by atoms with Gasteiger partial charge in [-0.3, -0.25) is 4.79 Å². The summed E-state index contributed by atoms with van der Waals surface area (Å²) < 4.78 is 65.3. The zero-order chi connectivity index (χ0) is 36.8. The number of alkyl carbamates (subject to hydrolysis) is 1. The van der Waals surface area contributed by atoms with Crippen molar-refractivity contribution in [1.82, 2.24) is 5.32 Å². The van der Waals surface area contributed by atoms with E-state index in [0.29, 0.717) is 157 Å². The van der Waals surface area contributed by atoms with Crippen LogP contribution in [0.1, 0.15) is 15.9 Å². The van der Waals surface area contributed by atoms with Crippen LogP contribution in [0.5, 0.6) is 5.75 Å². The molecular formula is C37H57NO14. The lowest BCUT2D eigenvalue weighted by Gasteiger charge is -2.09. The molecule has 0 atom stereocenters. The summed E-state index contributed by atoms with van der Waals surface area (Å²) in [5.41, 5.74) is 1.55. The number of carbonyl (C=O) groups is 2. The van der Waals surface area contributed by atoms with Crippen LogP contribution in [0.15, 0.2) is 54.6 Å². The lowest BCUT2D eigenvalue weighted by molar-refractivity contribution is -0.0266. The highest BCUT2D eigenvalue weighted by molar-refractivity contribution is 5.74. The van der Waals surface area contributed by atoms with Gasteiger partial charge in [0.2, 0.25) is 0 Å². The second kappa shape index (κ2) is 34.8. The minimum atomic E-state index is -0.473. The first-order valence-electron chi connectivity index (χ1n) is 17.7. The molecule has 0 aliphatic heterocycles. The zero-order valence-electron chi connectivity index (χ0n) is 30.3. The number of hydrogen-bond donors (Lipinski definition) is 1. The molecule has 0 heterocycles. The van der Waals surface area contributed by atoms with E-state index in [1.807, 2.05) is 30.3 Å². The number of aldehydes is 1. The van der Waals surface area contributed by atoms with Crippen LogP contribution in [0.2, 0.25) is 0 Å². The Labute approximate surface area is 307 Å². The molecule has 2 aromatic rings. The van der Waals surface area contributed by atoms with Gasteiger partial charge in [-0.1, -0.05) is 30.3 Å². The van der Waals surface area contributed by atoms with Gasteiger partial charge in [-0.15, -0.1) is 0 Å². The summed E-state index contributed by atoms with van der Waals surface area (Å²) >= 11 is 0. The van der Waals surface area contributed by atoms with Crippen molar-refractivity contribution < 1.29 is 66.4 Å². The summed E-state index contributed by atoms with van der Waals surface area (Å²) in [6.45, 7) is 10.4. The summed E-state index contributed by atoms with van der Waals surface area (Å²) in [4.78, 5) is 22.3. The van der Waals surface area contributed by atoms with Gasteiger partial charge < -0.3 is 62.2 Å². The van der Waals surface area contributed by atoms with Gasteiger partial charge in [-0.2, -0.15) is 0 Å². The van der Waals surface area contributed by atoms with Crippen molar-refractivity contribution in [3.05, 3.63) is 65.7 Å². The average molecular weight is 740 g/mol. The molecule has 0 bridgehead atoms. The molecule has 0 fully saturated rings. The number of hydrogen-bond acceptors (Lipinski definition) is 14. The van der Waals surface area contributed by atoms with Gasteiger partial charge >= 0.3 is 6.09 Å². The van der Waals surface area contributed by atoms with Crippen molar-refractivity contribution in [2.75, 3.05) is 145 Å². The van der Waals surface area contributed by atoms with Crippen molar-refractivity contribution in [1.29, 1.82) is 0 Å². The molecule has 52 heavy (non-hydrogen) atoms. The molecule has 0 unspecified atom stereocenters. The number of nitrogens with one attached hydrogen (secondary N) is 1. The van der Waals surface area contributed by atoms with Gasteiger partial charge in [0.15, 0.2) is 0 Å². The van der Waals surface area contributed by atoms with Gasteiger partial charge in [-0.25, -0.2) is 4.79 Å². The maximum absolute atomic E-state index is 11.6. The van der Waals surface area contributed by atoms with Crippen LogP contribution in [0.3, 0.4) is 0 Å². The summed E-state index contributed by atoms with van der Waals surface area (Å²) in [6.07, 6.45) is 0.323. The molecule has 0 aromatic heterocycles. The van der Waals surface area contributed by atoms with Crippen molar-refractivity contribution in [2.24, 2.45) is 0 Å². The molecule has 0 saturated heterocycles. The third-order valence-corrected chi connectivity index (χ3v) is 6.59. The lowest BCUT2D eigenvalue weighted by atomic mass is 10.2. The van der Waals surface area contributed by atoms with E-state index < -0.39 is 6.09 Å². The molecule has 0 radical (unpaired) electrons. The standard InChI is InChI=1S/C37H57NO14/c39-32-34-6-8-36(9-7-34)51-31-30-50-29-28-49-27-26-48-25-24-47-23-22-46-21-20-45-19-18-44-17-16-43-15-14-42-13-12-41-11-10-38-37(40)52-33-35-4-2-1-3-5-35/h1-9,32H,10-31,33H2,(H,38,40). The van der Waals surface area contributed by atoms with Crippen LogP contribution in [0, 0.1) is 0 Å². The number of rotatable bonds is 37. The molecule has 0 spiro atoms. The van der Waals surface area contributed by atoms with E-state index in [9.17, 15) is 9.59 Å². The Bertz CT molecular complexity index is 1080. The molecule has 15 nitrogen and oxygen atoms in total. The fourth-order valence-electron chi connectivity index (χ4n) is 3.94. The molecular weight excluding hydrogens is 682 g/mol. The minimum Gasteiger partial charge on any atom is -0.491 e. The third kappa shape index (κ3) is 28.4. The van der Waals surface area contributed by atoms with Crippen LogP contribution in [-0.2, 0) is 58.7 Å². The van der Waals surface area contributed by atoms with E-state index in [0.717, 1.165) is 11.8 Å². The van der Waals surface area contributed by atoms with Crippen LogP contribution in [0.25, 0.3) is 0 Å². The van der Waals surface area contributed by atoms with Crippen molar-refractivity contribution in [3.8, 4) is 5.75 Å². The number of benzene rings is 2. The van der Waals surface area contributed by atoms with Gasteiger partial charge in [0.05, 0.1) is 132 Å². The minimum absolute atomic E-state index is 0.234. The molecule has 1 amide bonds. The van der Waals surface area contributed by atoms with E-state index >= 15 is 0 Å². The third-order valence-electron chi connectivity index (χ3n) is 6.59. The molecule has 2 rings (SSSR count). The fourth-order valence-corrected chi connectivity index (χ4v) is 3.94. The van der Waals surface area contributed by atoms with Gasteiger partial charge in [-0.05, 0) is 29.8 Å². The fraction of sp³-hybridized carbons (Fsp3) is 0.622. The first kappa shape index (κ1) is 44.9. The molecule has 0 saturated carbocycles. The Morgan fingerprint density at radius 3 is 1.21 bits per heavy atom. The van der Waals surface area contributed by atoms with E-state index in [4.69, 9.17) is 56.8 Å². The Morgan fingerprint density at radius 1 is 0.462 bits per heavy atom. The highest BCUT2D eigenvalue weighted by Crippen LogP contribution is 2.10. The Morgan fingerprint density at radius 2 is 0.827 bits per heavy atom. The summed E-state index contributed by atoms with van der Waals surface area (Å²) in [7, 11) is 0. The largest absolute Gasteiger partial charge is 0.491 e. The quantitative estimate of drug-likeness (QED) is 0.0797. The van der Waals surface area contributed by atoms with Gasteiger partial charge in [0.25, 0.3) is 0 Å². The Kier molecular flexibility index (Phi) is 30.1. The van der Waals surface area contributed by atoms with E-state index in [2.05, 4.69) is 5.32 Å². The molecule has 1 N–H and O–H groups in total. The topological polar surface area (TPSA) is 157 Å². The maximum Gasteiger partial charge on any atom is 0.407 e. The SMILES string of the molecule is O=Cc1ccc(OCCOCCOCCOCCOCCOCCOCCOCCOCCOCCOCCNC(=O)OCc2ccccc2)cc1. The molecule has 15 heteroatoms. The average Bonchev–Trinajstić information content (AvgIpc) is 3.17. The van der Waals surface area contributed by atoms with E-state index in [1.54, 1.807) is 24.3 Å². The summed E-state index contributed by atoms with van der Waals surface area (Å²) in [5, 5.41) is 2.64. The van der Waals surface area contributed by atoms with Crippen LogP contribution in [0.4, 0.5) is 4.79 Å². The van der Waals surface area contributed by atoms with Crippen LogP contribution < -0.4 is 10.1 Å². The smallest absolute Gasteiger partial charge is 0.407 e. The predicted molar refractivity (Wildman–Crippen MR) is 190 cm³/mol. The number of ether oxygens (including phenoxy) is 12. The predicted octanol–water partition coefficient (Wildman–Crippen LogP) is 2.97. The van der Waals surface area contributed by atoms with Crippen LogP contribution >= 0.6 is 0 Å². The second-order valence-electron chi connectivity index (χ2n) is 10.6. The van der Waals surface area contributed by atoms with E-state index in [-0.39, 0.29) is 6.61 Å². The number of amides is 1. The van der Waals surface area contributed by atoms with Crippen molar-refractivity contribution in [3.63, 3.8) is 0 Å². The maximum atomic E-state index is 11.6. The molecule has 2 aromatic carbocycles. The Hall–Kier alpha value is -3.22. The van der Waals surface area contributed by atoms with E-state index in [1.165, 1.54) is 0 Å². The van der Waals surface area contributed by atoms with Gasteiger partial charge in [0, 0.05) is 12.1 Å². The molecule has 294 valence electrons. The van der Waals surface area contributed by atoms with Gasteiger partial charge in [0.1, 0.15) is 25.2 Å². The lowest BCUT2D eigenvalue weighted by Crippen LogP contribution is -2.28. The molecule has 0 aliphatic carbocycles. The first-order chi connectivity index (χ1) is 25.8. The molecule has 0 aliphatic rings. The number of carbonyl (C=O) groups excluding carboxylic acids is 2. The van der Waals surface area contributed by atoms with Crippen LogP contribution in [-0.4, -0.2) is 158 Å². The normalized spacial score (nSPS) is 11.1. The zero-order valence-corrected chi connectivity index (χ0v) is 30.3. The monoisotopic (exact) mass is 739 g/mol. The van der Waals surface area contributed by atoms with Crippen molar-refractivity contribution >= 4 is 12.4 Å². The van der Waals surface area contributed by atoms with Crippen molar-refractivity contribution in [2.45, 2.75) is 6.61 Å². The summed E-state index contributed by atoms with van der Waals surface area (Å²) in [6, 6.07) is 16.4. The highest BCUT2D eigenvalue weighted by Gasteiger charge is 2.02. The highest BCUT2D eigenvalue weighted by atomic mass is 16.6. The summed E-state index contributed by atoms with van der Waals surface area (Å²) in [5.74, 6) is 0.699. The Balaban J connectivity index is 1.15. The first-order valence-corrected chi connectivity index (χ1v) is 17.7.